The molecule has 8 nitrogen and oxygen atoms in total. The minimum Gasteiger partial charge on any atom is -0.444 e. The van der Waals surface area contributed by atoms with Crippen LogP contribution in [0.25, 0.3) is 11.5 Å². The molecule has 9 heteroatoms. The van der Waals surface area contributed by atoms with E-state index in [2.05, 4.69) is 20.7 Å². The van der Waals surface area contributed by atoms with Crippen LogP contribution in [0.1, 0.15) is 11.3 Å². The van der Waals surface area contributed by atoms with Crippen LogP contribution in [0, 0.1) is 0 Å². The van der Waals surface area contributed by atoms with Gasteiger partial charge in [0.05, 0.1) is 11.4 Å². The molecule has 4 aromatic rings. The first-order chi connectivity index (χ1) is 16.2. The number of thioether (sulfide) groups is 1. The van der Waals surface area contributed by atoms with Crippen LogP contribution in [0.2, 0.25) is 0 Å². The number of hydrogen-bond acceptors (Lipinski definition) is 6. The van der Waals surface area contributed by atoms with E-state index >= 15 is 0 Å². The number of amides is 2. The van der Waals surface area contributed by atoms with Crippen LogP contribution >= 0.6 is 11.8 Å². The Hall–Kier alpha value is -3.85. The van der Waals surface area contributed by atoms with Gasteiger partial charge in [-0.15, -0.1) is 11.8 Å². The van der Waals surface area contributed by atoms with Gasteiger partial charge in [0.15, 0.2) is 0 Å². The van der Waals surface area contributed by atoms with Gasteiger partial charge in [-0.05, 0) is 35.9 Å². The van der Waals surface area contributed by atoms with E-state index in [1.807, 2.05) is 54.6 Å². The summed E-state index contributed by atoms with van der Waals surface area (Å²) in [4.78, 5) is 28.8. The predicted octanol–water partition coefficient (Wildman–Crippen LogP) is 3.73. The maximum atomic E-state index is 12.2. The summed E-state index contributed by atoms with van der Waals surface area (Å²) < 4.78 is 7.08. The number of rotatable bonds is 10. The fraction of sp³-hybridized carbons (Fsp3) is 0.167. The molecule has 0 radical (unpaired) electrons. The molecule has 2 aromatic carbocycles. The topological polar surface area (TPSA) is 102 Å². The monoisotopic (exact) mass is 461 g/mol. The molecular weight excluding hydrogens is 438 g/mol. The Morgan fingerprint density at radius 3 is 2.73 bits per heavy atom. The summed E-state index contributed by atoms with van der Waals surface area (Å²) in [5.41, 5.74) is 3.29. The molecule has 0 aliphatic rings. The molecule has 0 saturated carbocycles. The second kappa shape index (κ2) is 11.1. The fourth-order valence-electron chi connectivity index (χ4n) is 3.09. The number of nitrogens with zero attached hydrogens (tertiary/aromatic N) is 3. The molecule has 0 atom stereocenters. The standard InChI is InChI=1S/C24H23N5O3S/c30-22(14-29-11-5-10-26-29)27-20-9-4-6-18(12-20)13-25-23(31)17-33-16-21-15-32-24(28-21)19-7-2-1-3-8-19/h1-12,15H,13-14,16-17H2,(H,25,31)(H,27,30). The predicted molar refractivity (Wildman–Crippen MR) is 127 cm³/mol. The molecule has 2 aromatic heterocycles. The van der Waals surface area contributed by atoms with Crippen molar-refractivity contribution >= 4 is 29.3 Å². The minimum atomic E-state index is -0.167. The van der Waals surface area contributed by atoms with Crippen LogP contribution in [0.4, 0.5) is 5.69 Å². The van der Waals surface area contributed by atoms with E-state index in [1.165, 1.54) is 11.8 Å². The van der Waals surface area contributed by atoms with Crippen molar-refractivity contribution in [2.24, 2.45) is 0 Å². The molecule has 0 aliphatic carbocycles. The zero-order chi connectivity index (χ0) is 22.9. The molecular formula is C24H23N5O3S. The van der Waals surface area contributed by atoms with E-state index in [0.29, 0.717) is 29.6 Å². The van der Waals surface area contributed by atoms with Crippen molar-refractivity contribution in [3.63, 3.8) is 0 Å². The van der Waals surface area contributed by atoms with Gasteiger partial charge < -0.3 is 15.1 Å². The number of nitrogens with one attached hydrogen (secondary N) is 2. The van der Waals surface area contributed by atoms with Crippen LogP contribution in [0.15, 0.2) is 83.7 Å². The lowest BCUT2D eigenvalue weighted by Gasteiger charge is -2.09. The Morgan fingerprint density at radius 2 is 1.91 bits per heavy atom. The Kier molecular flexibility index (Phi) is 7.55. The first-order valence-corrected chi connectivity index (χ1v) is 11.5. The van der Waals surface area contributed by atoms with Crippen LogP contribution < -0.4 is 10.6 Å². The van der Waals surface area contributed by atoms with E-state index in [-0.39, 0.29) is 18.4 Å². The molecule has 0 aliphatic heterocycles. The van der Waals surface area contributed by atoms with E-state index in [9.17, 15) is 9.59 Å². The van der Waals surface area contributed by atoms with Crippen molar-refractivity contribution in [3.8, 4) is 11.5 Å². The van der Waals surface area contributed by atoms with Crippen LogP contribution in [-0.2, 0) is 28.4 Å². The number of aromatic nitrogens is 3. The van der Waals surface area contributed by atoms with E-state index in [1.54, 1.807) is 29.4 Å². The Morgan fingerprint density at radius 1 is 1.03 bits per heavy atom. The lowest BCUT2D eigenvalue weighted by Crippen LogP contribution is -2.24. The second-order valence-electron chi connectivity index (χ2n) is 7.23. The second-order valence-corrected chi connectivity index (χ2v) is 8.22. The maximum absolute atomic E-state index is 12.2. The molecule has 33 heavy (non-hydrogen) atoms. The van der Waals surface area contributed by atoms with Crippen LogP contribution in [0.3, 0.4) is 0 Å². The van der Waals surface area contributed by atoms with E-state index < -0.39 is 0 Å². The van der Waals surface area contributed by atoms with Crippen molar-refractivity contribution in [1.82, 2.24) is 20.1 Å². The third-order valence-corrected chi connectivity index (χ3v) is 5.59. The van der Waals surface area contributed by atoms with Gasteiger partial charge in [0, 0.05) is 35.9 Å². The van der Waals surface area contributed by atoms with Gasteiger partial charge in [-0.25, -0.2) is 4.98 Å². The Labute approximate surface area is 195 Å². The average molecular weight is 462 g/mol. The number of anilines is 1. The summed E-state index contributed by atoms with van der Waals surface area (Å²) in [5.74, 6) is 1.24. The molecule has 0 bridgehead atoms. The highest BCUT2D eigenvalue weighted by Crippen LogP contribution is 2.20. The number of hydrogen-bond donors (Lipinski definition) is 2. The minimum absolute atomic E-state index is 0.0695. The van der Waals surface area contributed by atoms with Crippen LogP contribution in [0.5, 0.6) is 0 Å². The largest absolute Gasteiger partial charge is 0.444 e. The quantitative estimate of drug-likeness (QED) is 0.373. The summed E-state index contributed by atoms with van der Waals surface area (Å²) >= 11 is 1.47. The zero-order valence-electron chi connectivity index (χ0n) is 17.8. The Bertz CT molecular complexity index is 1190. The van der Waals surface area contributed by atoms with Crippen molar-refractivity contribution in [3.05, 3.63) is 90.6 Å². The summed E-state index contributed by atoms with van der Waals surface area (Å²) in [7, 11) is 0. The van der Waals surface area contributed by atoms with Gasteiger partial charge in [0.2, 0.25) is 17.7 Å². The van der Waals surface area contributed by atoms with Crippen molar-refractivity contribution in [2.45, 2.75) is 18.8 Å². The van der Waals surface area contributed by atoms with Gasteiger partial charge >= 0.3 is 0 Å². The van der Waals surface area contributed by atoms with Gasteiger partial charge in [-0.2, -0.15) is 5.10 Å². The highest BCUT2D eigenvalue weighted by atomic mass is 32.2. The normalized spacial score (nSPS) is 10.7. The summed E-state index contributed by atoms with van der Waals surface area (Å²) in [6.45, 7) is 0.522. The van der Waals surface area contributed by atoms with Gasteiger partial charge in [0.1, 0.15) is 12.8 Å². The Balaban J connectivity index is 1.19. The highest BCUT2D eigenvalue weighted by Gasteiger charge is 2.09. The molecule has 2 N–H and O–H groups in total. The van der Waals surface area contributed by atoms with Crippen LogP contribution in [-0.4, -0.2) is 32.3 Å². The smallest absolute Gasteiger partial charge is 0.246 e. The molecule has 4 rings (SSSR count). The highest BCUT2D eigenvalue weighted by molar-refractivity contribution is 7.99. The zero-order valence-corrected chi connectivity index (χ0v) is 18.6. The average Bonchev–Trinajstić information content (AvgIpc) is 3.51. The van der Waals surface area contributed by atoms with E-state index in [4.69, 9.17) is 4.42 Å². The van der Waals surface area contributed by atoms with Gasteiger partial charge in [0.25, 0.3) is 0 Å². The van der Waals surface area contributed by atoms with Crippen molar-refractivity contribution in [1.29, 1.82) is 0 Å². The summed E-state index contributed by atoms with van der Waals surface area (Å²) in [5, 5.41) is 9.77. The fourth-order valence-corrected chi connectivity index (χ4v) is 3.82. The lowest BCUT2D eigenvalue weighted by atomic mass is 10.2. The molecule has 0 fully saturated rings. The number of oxazole rings is 1. The lowest BCUT2D eigenvalue weighted by molar-refractivity contribution is -0.119. The van der Waals surface area contributed by atoms with E-state index in [0.717, 1.165) is 16.8 Å². The van der Waals surface area contributed by atoms with Gasteiger partial charge in [-0.1, -0.05) is 30.3 Å². The third-order valence-electron chi connectivity index (χ3n) is 4.62. The third kappa shape index (κ3) is 6.81. The van der Waals surface area contributed by atoms with Gasteiger partial charge in [-0.3, -0.25) is 14.3 Å². The molecule has 0 saturated heterocycles. The summed E-state index contributed by atoms with van der Waals surface area (Å²) in [6, 6.07) is 18.8. The number of carbonyl (C=O) groups excluding carboxylic acids is 2. The van der Waals surface area contributed by atoms with Crippen molar-refractivity contribution < 1.29 is 14.0 Å². The first-order valence-electron chi connectivity index (χ1n) is 10.4. The number of carbonyl (C=O) groups is 2. The maximum Gasteiger partial charge on any atom is 0.246 e. The number of benzene rings is 2. The molecule has 168 valence electrons. The SMILES string of the molecule is O=C(CSCc1coc(-c2ccccc2)n1)NCc1cccc(NC(=O)Cn2cccn2)c1. The first kappa shape index (κ1) is 22.3. The van der Waals surface area contributed by atoms with Crippen molar-refractivity contribution in [2.75, 3.05) is 11.1 Å². The molecule has 2 heterocycles. The summed E-state index contributed by atoms with van der Waals surface area (Å²) in [6.07, 6.45) is 4.98. The molecule has 0 unspecified atom stereocenters. The molecule has 2 amide bonds. The molecule has 0 spiro atoms.